The van der Waals surface area contributed by atoms with Crippen molar-refractivity contribution in [2.24, 2.45) is 23.2 Å². The van der Waals surface area contributed by atoms with Gasteiger partial charge in [0, 0.05) is 178 Å². The highest BCUT2D eigenvalue weighted by atomic mass is 32.2. The molecule has 1 fully saturated rings. The molecule has 4 aromatic carbocycles. The van der Waals surface area contributed by atoms with Crippen molar-refractivity contribution in [2.75, 3.05) is 147 Å². The van der Waals surface area contributed by atoms with Gasteiger partial charge in [0.05, 0.1) is 67.7 Å². The Morgan fingerprint density at radius 3 is 1.53 bits per heavy atom. The summed E-state index contributed by atoms with van der Waals surface area (Å²) in [7, 11) is 2.87. The molecule has 0 aliphatic carbocycles. The van der Waals surface area contributed by atoms with E-state index in [1.54, 1.807) is 90.1 Å². The largest absolute Gasteiger partial charge is 0.481 e. The molecule has 8 rings (SSSR count). The van der Waals surface area contributed by atoms with Gasteiger partial charge in [-0.25, -0.2) is 9.48 Å². The van der Waals surface area contributed by atoms with E-state index in [0.29, 0.717) is 65.1 Å². The average Bonchev–Trinajstić information content (AvgIpc) is 1.56. The molecular weight excluding hydrogens is 1740 g/mol. The molecule has 132 heavy (non-hydrogen) atoms. The van der Waals surface area contributed by atoms with Gasteiger partial charge in [-0.1, -0.05) is 89.9 Å². The number of carbonyl (C=O) groups is 16. The molecule has 5 atom stereocenters. The number of fused-ring (bicyclic) bond motifs is 7. The first-order chi connectivity index (χ1) is 63.0. The maximum absolute atomic E-state index is 14.8. The predicted molar refractivity (Wildman–Crippen MR) is 479 cm³/mol. The van der Waals surface area contributed by atoms with Gasteiger partial charge in [-0.05, 0) is 101 Å². The van der Waals surface area contributed by atoms with Crippen molar-refractivity contribution in [1.82, 2.24) is 76.7 Å². The molecule has 41 nitrogen and oxygen atoms in total. The van der Waals surface area contributed by atoms with E-state index >= 15 is 0 Å². The topological polar surface area (TPSA) is 566 Å². The standard InChI is InChI=1S/C89H117N17O22S.CO2/c1-58(107)90-33-16-6-17-34-95-84(121)67(89(2,3)88(127)128)48-63(47-64(85(122)99(4)5)57-129-71(87(125)126)49-73(109)92-36-30-72(108)91-37-31-76(112)104-50-61-21-8-7-19-59(61)28-29-60-20-10-13-26-69(60)104)83(120)94-35-18-15-25-68(86(123)124)96-75(111)53-106-82-65-23-11-9-22-62(65)51-105(70-27-14-12-24-66(70)81(82)97-98-106)77(113)32-38-93-74(110)52-100-39-41-101(54-78(114)115)43-45-103(56-80(118)119)46-44-102(42-40-100)55-79(116)117;2-1-3/h7-14,19-24,26-27,63-64,67-68,71H,6,15-18,25,30-57H2,1-5H3,(H,90,107)(H,91,108)(H,92,109)(H,93,110)(H,94,120)(H,95,121)(H,96,111)(H,114,115)(H,116,117)(H,118,119)(H,123,124)(H,125,126)(H,127,128);. The molecule has 0 bridgehead atoms. The molecule has 10 amide bonds. The number of rotatable bonds is 47. The van der Waals surface area contributed by atoms with Gasteiger partial charge in [0.1, 0.15) is 23.5 Å². The monoisotopic (exact) mass is 1850 g/mol. The fourth-order valence-corrected chi connectivity index (χ4v) is 16.4. The summed E-state index contributed by atoms with van der Waals surface area (Å²) in [6, 6.07) is 27.2. The van der Waals surface area contributed by atoms with Crippen LogP contribution in [0, 0.1) is 35.0 Å². The van der Waals surface area contributed by atoms with E-state index in [0.717, 1.165) is 22.9 Å². The lowest BCUT2D eigenvalue weighted by atomic mass is 9.72. The van der Waals surface area contributed by atoms with E-state index < -0.39 is 137 Å². The Kier molecular flexibility index (Phi) is 43.0. The van der Waals surface area contributed by atoms with Crippen LogP contribution in [-0.4, -0.2) is 320 Å². The van der Waals surface area contributed by atoms with Crippen LogP contribution in [0.3, 0.4) is 0 Å². The third-order valence-corrected chi connectivity index (χ3v) is 23.8. The number of hydrogen-bond acceptors (Lipinski definition) is 25. The number of anilines is 2. The molecule has 0 spiro atoms. The minimum Gasteiger partial charge on any atom is -0.481 e. The van der Waals surface area contributed by atoms with Gasteiger partial charge in [-0.15, -0.1) is 16.9 Å². The highest BCUT2D eigenvalue weighted by molar-refractivity contribution is 8.00. The smallest absolute Gasteiger partial charge is 0.373 e. The molecule has 1 aromatic heterocycles. The zero-order valence-corrected chi connectivity index (χ0v) is 75.4. The van der Waals surface area contributed by atoms with Crippen LogP contribution < -0.4 is 47.0 Å². The van der Waals surface area contributed by atoms with Crippen LogP contribution in [0.4, 0.5) is 11.4 Å². The van der Waals surface area contributed by atoms with Crippen molar-refractivity contribution in [3.05, 3.63) is 119 Å². The van der Waals surface area contributed by atoms with Gasteiger partial charge in [0.15, 0.2) is 0 Å². The summed E-state index contributed by atoms with van der Waals surface area (Å²) in [6.07, 6.45) is -0.0172. The van der Waals surface area contributed by atoms with Gasteiger partial charge in [0.2, 0.25) is 59.1 Å². The lowest BCUT2D eigenvalue weighted by molar-refractivity contribution is -0.192. The Hall–Kier alpha value is -13.3. The van der Waals surface area contributed by atoms with Gasteiger partial charge in [0.25, 0.3) is 0 Å². The average molecular weight is 1850 g/mol. The Morgan fingerprint density at radius 2 is 0.970 bits per heavy atom. The van der Waals surface area contributed by atoms with Crippen molar-refractivity contribution >= 4 is 124 Å². The molecule has 712 valence electrons. The van der Waals surface area contributed by atoms with E-state index in [9.17, 15) is 107 Å². The number of hydrogen-bond donors (Lipinski definition) is 13. The van der Waals surface area contributed by atoms with Gasteiger partial charge in [-0.2, -0.15) is 9.59 Å². The lowest BCUT2D eigenvalue weighted by Crippen LogP contribution is -2.50. The third kappa shape index (κ3) is 34.2. The molecule has 1 saturated heterocycles. The van der Waals surface area contributed by atoms with Crippen LogP contribution >= 0.6 is 11.8 Å². The van der Waals surface area contributed by atoms with Crippen molar-refractivity contribution < 1.29 is 117 Å². The Bertz CT molecular complexity index is 4980. The third-order valence-electron chi connectivity index (χ3n) is 22.4. The van der Waals surface area contributed by atoms with E-state index in [1.807, 2.05) is 36.4 Å². The maximum Gasteiger partial charge on any atom is 0.373 e. The molecular formula is C90H117N17O24S. The van der Waals surface area contributed by atoms with E-state index in [2.05, 4.69) is 59.4 Å². The van der Waals surface area contributed by atoms with Crippen LogP contribution in [-0.2, 0) is 106 Å². The van der Waals surface area contributed by atoms with E-state index in [-0.39, 0.29) is 199 Å². The van der Waals surface area contributed by atoms with Gasteiger partial charge in [-0.3, -0.25) is 91.5 Å². The van der Waals surface area contributed by atoms with Crippen LogP contribution in [0.1, 0.15) is 120 Å². The zero-order valence-electron chi connectivity index (χ0n) is 74.6. The van der Waals surface area contributed by atoms with Crippen molar-refractivity contribution in [3.8, 4) is 34.4 Å². The van der Waals surface area contributed by atoms with Crippen LogP contribution in [0.25, 0.3) is 22.5 Å². The fraction of sp³-hybridized carbons (Fsp3) is 0.500. The number of amides is 10. The number of carbonyl (C=O) groups excluding carboxylic acids is 12. The number of benzene rings is 4. The number of carboxylic acids is 6. The van der Waals surface area contributed by atoms with Crippen molar-refractivity contribution in [3.63, 3.8) is 0 Å². The van der Waals surface area contributed by atoms with Crippen LogP contribution in [0.2, 0.25) is 0 Å². The number of unbranched alkanes of at least 4 members (excludes halogenated alkanes) is 3. The molecule has 3 aliphatic heterocycles. The van der Waals surface area contributed by atoms with E-state index in [4.69, 9.17) is 9.59 Å². The van der Waals surface area contributed by atoms with Gasteiger partial charge < -0.3 is 82.6 Å². The number of nitrogens with one attached hydrogen (secondary N) is 7. The number of aromatic nitrogens is 3. The first-order valence-electron chi connectivity index (χ1n) is 43.3. The SMILES string of the molecule is CC(=O)NCCCCCNC(=O)C(CC(CC(CSC(CC(=O)NCCC(=O)NCCC(=O)N1Cc2ccccc2C#Cc2ccccc21)C(=O)O)C(=O)N(C)C)C(=O)NCCCCC(NC(=O)Cn1nnc2c1-c1ccccc1CN(C(=O)CCNC(=O)CN1CCN(CC(=O)O)CCN(CC(=O)O)CCN(CC(=O)O)CC1)c1ccccc1-2)C(=O)O)C(C)(C)C(=O)O.O=C=O. The highest BCUT2D eigenvalue weighted by Gasteiger charge is 2.45. The normalized spacial score (nSPS) is 14.6. The Labute approximate surface area is 767 Å². The summed E-state index contributed by atoms with van der Waals surface area (Å²) in [5.74, 6) is -10.8. The summed E-state index contributed by atoms with van der Waals surface area (Å²) in [4.78, 5) is 239. The van der Waals surface area contributed by atoms with Crippen LogP contribution in [0.15, 0.2) is 97.1 Å². The first-order valence-corrected chi connectivity index (χ1v) is 44.4. The van der Waals surface area contributed by atoms with Crippen molar-refractivity contribution in [1.29, 1.82) is 0 Å². The number of nitrogens with zero attached hydrogens (tertiary/aromatic N) is 10. The second kappa shape index (κ2) is 53.7. The number of para-hydroxylation sites is 2. The second-order valence-corrected chi connectivity index (χ2v) is 34.0. The summed E-state index contributed by atoms with van der Waals surface area (Å²) in [6.45, 7) is 4.05. The molecule has 4 heterocycles. The second-order valence-electron chi connectivity index (χ2n) is 32.8. The quantitative estimate of drug-likeness (QED) is 0.0194. The van der Waals surface area contributed by atoms with Gasteiger partial charge >= 0.3 is 42.0 Å². The molecule has 3 aliphatic rings. The first kappa shape index (κ1) is 106. The lowest BCUT2D eigenvalue weighted by Gasteiger charge is -2.33. The summed E-state index contributed by atoms with van der Waals surface area (Å²) in [5, 5.41) is 87.0. The van der Waals surface area contributed by atoms with Crippen LogP contribution in [0.5, 0.6) is 0 Å². The Balaban J connectivity index is 0.00000782. The molecule has 0 saturated carbocycles. The summed E-state index contributed by atoms with van der Waals surface area (Å²) in [5.41, 5.74) is 3.72. The molecule has 5 unspecified atom stereocenters. The molecule has 5 aromatic rings. The number of carboxylic acid groups (broad SMARTS) is 6. The fourth-order valence-electron chi connectivity index (χ4n) is 15.3. The van der Waals surface area contributed by atoms with E-state index in [1.165, 1.54) is 44.4 Å². The number of aliphatic carboxylic acids is 6. The Morgan fingerprint density at radius 1 is 0.492 bits per heavy atom. The van der Waals surface area contributed by atoms with Crippen molar-refractivity contribution in [2.45, 2.75) is 129 Å². The molecule has 42 heteroatoms. The molecule has 0 radical (unpaired) electrons. The zero-order chi connectivity index (χ0) is 96.6. The number of thioether (sulfide) groups is 1. The summed E-state index contributed by atoms with van der Waals surface area (Å²) < 4.78 is 1.32. The maximum atomic E-state index is 14.8. The minimum atomic E-state index is -1.83. The summed E-state index contributed by atoms with van der Waals surface area (Å²) >= 11 is 0.737. The highest BCUT2D eigenvalue weighted by Crippen LogP contribution is 2.42. The molecule has 13 N–H and O–H groups in total. The predicted octanol–water partition coefficient (Wildman–Crippen LogP) is 1.50. The minimum absolute atomic E-state index is 0.00725.